The topological polar surface area (TPSA) is 69.6 Å². The van der Waals surface area contributed by atoms with Gasteiger partial charge >= 0.3 is 0 Å². The van der Waals surface area contributed by atoms with Gasteiger partial charge in [0.1, 0.15) is 17.0 Å². The second-order valence-electron chi connectivity index (χ2n) is 12.3. The molecule has 10 aromatic rings. The molecule has 234 valence electrons. The van der Waals surface area contributed by atoms with Crippen LogP contribution in [-0.4, -0.2) is 24.5 Å². The molecule has 0 amide bonds. The van der Waals surface area contributed by atoms with Crippen LogP contribution in [-0.2, 0) is 0 Å². The normalized spacial score (nSPS) is 11.6. The Kier molecular flexibility index (Phi) is 6.39. The number of rotatable bonds is 5. The van der Waals surface area contributed by atoms with Crippen molar-refractivity contribution in [2.24, 2.45) is 0 Å². The summed E-state index contributed by atoms with van der Waals surface area (Å²) in [6, 6.07) is 53.7. The predicted octanol–water partition coefficient (Wildman–Crippen LogP) is 10.9. The lowest BCUT2D eigenvalue weighted by Crippen LogP contribution is -2.05. The molecule has 0 aliphatic rings. The summed E-state index contributed by atoms with van der Waals surface area (Å²) < 4.78 is 8.69. The van der Waals surface area contributed by atoms with Gasteiger partial charge in [-0.2, -0.15) is 0 Å². The van der Waals surface area contributed by atoms with E-state index in [9.17, 15) is 0 Å². The molecule has 6 nitrogen and oxygen atoms in total. The monoisotopic (exact) mass is 641 g/mol. The van der Waals surface area contributed by atoms with E-state index in [1.807, 2.05) is 91.1 Å². The Labute approximate surface area is 287 Å². The van der Waals surface area contributed by atoms with Gasteiger partial charge in [-0.05, 0) is 35.9 Å². The first-order chi connectivity index (χ1) is 24.8. The van der Waals surface area contributed by atoms with E-state index in [2.05, 4.69) is 77.4 Å². The average molecular weight is 642 g/mol. The molecule has 0 aliphatic carbocycles. The molecule has 4 heterocycles. The Hall–Kier alpha value is -6.92. The first-order valence-corrected chi connectivity index (χ1v) is 16.6. The molecule has 0 aliphatic heterocycles. The van der Waals surface area contributed by atoms with Crippen LogP contribution in [0.5, 0.6) is 0 Å². The third kappa shape index (κ3) is 4.50. The average Bonchev–Trinajstić information content (AvgIpc) is 3.74. The Balaban J connectivity index is 1.22. The SMILES string of the molecule is c1ccc(-c2nc(-c3ccccc3)nc(-c3cccnc3-n3c4ccccc4c4ccc(-c5cccc6c5oc5ccccc56)cc43)n2)cc1. The molecular formula is C44H27N5O. The molecule has 0 spiro atoms. The molecule has 4 aromatic heterocycles. The lowest BCUT2D eigenvalue weighted by atomic mass is 10.0. The maximum absolute atomic E-state index is 6.45. The largest absolute Gasteiger partial charge is 0.455 e. The van der Waals surface area contributed by atoms with Gasteiger partial charge in [-0.25, -0.2) is 19.9 Å². The Bertz CT molecular complexity index is 2820. The molecule has 6 aromatic carbocycles. The van der Waals surface area contributed by atoms with Gasteiger partial charge < -0.3 is 4.42 Å². The van der Waals surface area contributed by atoms with Crippen molar-refractivity contribution in [1.82, 2.24) is 24.5 Å². The van der Waals surface area contributed by atoms with E-state index in [0.29, 0.717) is 17.5 Å². The quantitative estimate of drug-likeness (QED) is 0.187. The van der Waals surface area contributed by atoms with Crippen molar-refractivity contribution < 1.29 is 4.42 Å². The van der Waals surface area contributed by atoms with Crippen LogP contribution in [0.4, 0.5) is 0 Å². The Morgan fingerprint density at radius 1 is 0.420 bits per heavy atom. The van der Waals surface area contributed by atoms with Crippen molar-refractivity contribution >= 4 is 43.7 Å². The summed E-state index contributed by atoms with van der Waals surface area (Å²) >= 11 is 0. The minimum atomic E-state index is 0.551. The number of fused-ring (bicyclic) bond motifs is 6. The second kappa shape index (κ2) is 11.4. The van der Waals surface area contributed by atoms with E-state index in [4.69, 9.17) is 24.4 Å². The van der Waals surface area contributed by atoms with Crippen LogP contribution >= 0.6 is 0 Å². The van der Waals surface area contributed by atoms with E-state index in [1.54, 1.807) is 0 Å². The maximum Gasteiger partial charge on any atom is 0.167 e. The Morgan fingerprint density at radius 3 is 1.82 bits per heavy atom. The molecule has 0 atom stereocenters. The molecule has 0 saturated heterocycles. The van der Waals surface area contributed by atoms with E-state index < -0.39 is 0 Å². The van der Waals surface area contributed by atoms with Gasteiger partial charge in [0, 0.05) is 44.4 Å². The summed E-state index contributed by atoms with van der Waals surface area (Å²) in [5.74, 6) is 2.50. The highest BCUT2D eigenvalue weighted by Crippen LogP contribution is 2.40. The smallest absolute Gasteiger partial charge is 0.167 e. The second-order valence-corrected chi connectivity index (χ2v) is 12.3. The van der Waals surface area contributed by atoms with E-state index in [-0.39, 0.29) is 0 Å². The van der Waals surface area contributed by atoms with Crippen LogP contribution in [0.25, 0.3) is 94.9 Å². The summed E-state index contributed by atoms with van der Waals surface area (Å²) in [6.45, 7) is 0. The van der Waals surface area contributed by atoms with Crippen LogP contribution < -0.4 is 0 Å². The van der Waals surface area contributed by atoms with Crippen molar-refractivity contribution in [3.8, 4) is 51.1 Å². The number of para-hydroxylation sites is 3. The summed E-state index contributed by atoms with van der Waals surface area (Å²) in [6.07, 6.45) is 1.83. The van der Waals surface area contributed by atoms with Crippen molar-refractivity contribution in [1.29, 1.82) is 0 Å². The third-order valence-corrected chi connectivity index (χ3v) is 9.33. The summed E-state index contributed by atoms with van der Waals surface area (Å²) in [5, 5.41) is 4.48. The number of pyridine rings is 1. The number of hydrogen-bond donors (Lipinski definition) is 0. The zero-order chi connectivity index (χ0) is 33.0. The Morgan fingerprint density at radius 2 is 1.04 bits per heavy atom. The fraction of sp³-hybridized carbons (Fsp3) is 0. The van der Waals surface area contributed by atoms with Gasteiger partial charge in [0.15, 0.2) is 17.5 Å². The minimum absolute atomic E-state index is 0.551. The van der Waals surface area contributed by atoms with Crippen LogP contribution in [0.2, 0.25) is 0 Å². The summed E-state index contributed by atoms with van der Waals surface area (Å²) in [5.41, 5.74) is 8.56. The van der Waals surface area contributed by atoms with Crippen molar-refractivity contribution in [2.45, 2.75) is 0 Å². The zero-order valence-electron chi connectivity index (χ0n) is 26.7. The van der Waals surface area contributed by atoms with Gasteiger partial charge in [0.2, 0.25) is 0 Å². The van der Waals surface area contributed by atoms with Gasteiger partial charge in [-0.1, -0.05) is 127 Å². The van der Waals surface area contributed by atoms with Crippen molar-refractivity contribution in [2.75, 3.05) is 0 Å². The molecule has 0 fully saturated rings. The molecule has 50 heavy (non-hydrogen) atoms. The van der Waals surface area contributed by atoms with E-state index in [1.165, 1.54) is 0 Å². The fourth-order valence-electron chi connectivity index (χ4n) is 7.02. The number of furan rings is 1. The van der Waals surface area contributed by atoms with Gasteiger partial charge in [-0.15, -0.1) is 0 Å². The molecule has 10 rings (SSSR count). The number of aromatic nitrogens is 5. The lowest BCUT2D eigenvalue weighted by molar-refractivity contribution is 0.670. The summed E-state index contributed by atoms with van der Waals surface area (Å²) in [4.78, 5) is 20.1. The van der Waals surface area contributed by atoms with Crippen LogP contribution in [0, 0.1) is 0 Å². The number of benzene rings is 6. The highest BCUT2D eigenvalue weighted by Gasteiger charge is 2.21. The predicted molar refractivity (Wildman–Crippen MR) is 201 cm³/mol. The first kappa shape index (κ1) is 28.1. The standard InChI is InChI=1S/C44H27N5O/c1-3-13-28(14-4-1)41-46-42(29-15-5-2-6-16-29)48-43(47-41)36-21-12-26-45-44(36)49-37-22-9-7-17-32(37)33-25-24-30(27-38(33)49)31-19-11-20-35-34-18-8-10-23-39(34)50-40(31)35/h1-27H. The van der Waals surface area contributed by atoms with E-state index in [0.717, 1.165) is 77.4 Å². The number of nitrogens with zero attached hydrogens (tertiary/aromatic N) is 5. The molecule has 0 bridgehead atoms. The third-order valence-electron chi connectivity index (χ3n) is 9.33. The van der Waals surface area contributed by atoms with Crippen LogP contribution in [0.1, 0.15) is 0 Å². The molecular weight excluding hydrogens is 615 g/mol. The summed E-state index contributed by atoms with van der Waals surface area (Å²) in [7, 11) is 0. The van der Waals surface area contributed by atoms with Gasteiger partial charge in [0.05, 0.1) is 16.6 Å². The highest BCUT2D eigenvalue weighted by atomic mass is 16.3. The molecule has 0 unspecified atom stereocenters. The highest BCUT2D eigenvalue weighted by molar-refractivity contribution is 6.13. The number of hydrogen-bond acceptors (Lipinski definition) is 5. The molecule has 0 radical (unpaired) electrons. The van der Waals surface area contributed by atoms with Crippen LogP contribution in [0.3, 0.4) is 0 Å². The van der Waals surface area contributed by atoms with Crippen molar-refractivity contribution in [3.05, 3.63) is 164 Å². The van der Waals surface area contributed by atoms with Crippen LogP contribution in [0.15, 0.2) is 168 Å². The lowest BCUT2D eigenvalue weighted by Gasteiger charge is -2.14. The van der Waals surface area contributed by atoms with Gasteiger partial charge in [0.25, 0.3) is 0 Å². The van der Waals surface area contributed by atoms with E-state index >= 15 is 0 Å². The fourth-order valence-corrected chi connectivity index (χ4v) is 7.02. The molecule has 0 N–H and O–H groups in total. The minimum Gasteiger partial charge on any atom is -0.455 e. The van der Waals surface area contributed by atoms with Gasteiger partial charge in [-0.3, -0.25) is 4.57 Å². The zero-order valence-corrected chi connectivity index (χ0v) is 26.7. The molecule has 6 heteroatoms. The molecule has 0 saturated carbocycles. The maximum atomic E-state index is 6.45. The van der Waals surface area contributed by atoms with Crippen molar-refractivity contribution in [3.63, 3.8) is 0 Å². The first-order valence-electron chi connectivity index (χ1n) is 16.6.